The smallest absolute Gasteiger partial charge is 0.221 e. The number of amides is 1. The average Bonchev–Trinajstić information content (AvgIpc) is 3.12. The summed E-state index contributed by atoms with van der Waals surface area (Å²) in [5.41, 5.74) is 4.48. The first-order valence-corrected chi connectivity index (χ1v) is 11.4. The molecule has 4 rings (SSSR count). The zero-order chi connectivity index (χ0) is 22.5. The Bertz CT molecular complexity index is 1220. The van der Waals surface area contributed by atoms with Crippen molar-refractivity contribution in [2.75, 3.05) is 18.4 Å². The molecule has 2 heterocycles. The number of carbonyl (C=O) groups excluding carboxylic acids is 1. The third kappa shape index (κ3) is 5.11. The van der Waals surface area contributed by atoms with Gasteiger partial charge in [-0.1, -0.05) is 42.0 Å². The average molecular weight is 449 g/mol. The van der Waals surface area contributed by atoms with Crippen LogP contribution >= 0.6 is 11.3 Å². The number of rotatable bonds is 8. The summed E-state index contributed by atoms with van der Waals surface area (Å²) in [4.78, 5) is 23.2. The first-order chi connectivity index (χ1) is 15.5. The first-order valence-electron chi connectivity index (χ1n) is 10.6. The van der Waals surface area contributed by atoms with Crippen molar-refractivity contribution in [2.45, 2.75) is 26.7 Å². The summed E-state index contributed by atoms with van der Waals surface area (Å²) in [6.45, 7) is 5.16. The normalized spacial score (nSPS) is 11.0. The van der Waals surface area contributed by atoms with Gasteiger partial charge in [-0.05, 0) is 43.5 Å². The predicted molar refractivity (Wildman–Crippen MR) is 129 cm³/mol. The van der Waals surface area contributed by atoms with Gasteiger partial charge in [0, 0.05) is 30.0 Å². The molecule has 0 aliphatic rings. The highest BCUT2D eigenvalue weighted by Crippen LogP contribution is 2.40. The zero-order valence-corrected chi connectivity index (χ0v) is 18.9. The van der Waals surface area contributed by atoms with E-state index in [1.165, 1.54) is 22.6 Å². The van der Waals surface area contributed by atoms with Gasteiger partial charge in [-0.2, -0.15) is 0 Å². The van der Waals surface area contributed by atoms with Gasteiger partial charge in [-0.3, -0.25) is 4.79 Å². The highest BCUT2D eigenvalue weighted by Gasteiger charge is 2.16. The van der Waals surface area contributed by atoms with E-state index in [1.54, 1.807) is 29.8 Å². The van der Waals surface area contributed by atoms with Gasteiger partial charge in [-0.25, -0.2) is 14.4 Å². The molecule has 2 N–H and O–H groups in total. The van der Waals surface area contributed by atoms with Crippen molar-refractivity contribution in [3.8, 4) is 11.1 Å². The van der Waals surface area contributed by atoms with Crippen molar-refractivity contribution in [2.24, 2.45) is 0 Å². The molecule has 4 aromatic rings. The monoisotopic (exact) mass is 448 g/mol. The Morgan fingerprint density at radius 1 is 1.00 bits per heavy atom. The van der Waals surface area contributed by atoms with Crippen LogP contribution in [-0.4, -0.2) is 29.0 Å². The molecule has 0 radical (unpaired) electrons. The Labute approximate surface area is 190 Å². The SMILES string of the molecule is Cc1ccc(-c2c(C)sc3ncnc(NCCC(=O)NCCc4ccc(F)cc4)c23)cc1. The molecule has 0 aliphatic heterocycles. The summed E-state index contributed by atoms with van der Waals surface area (Å²) in [7, 11) is 0. The van der Waals surface area contributed by atoms with Crippen molar-refractivity contribution < 1.29 is 9.18 Å². The zero-order valence-electron chi connectivity index (χ0n) is 18.1. The molecule has 0 saturated heterocycles. The van der Waals surface area contributed by atoms with Gasteiger partial charge in [-0.15, -0.1) is 11.3 Å². The molecule has 32 heavy (non-hydrogen) atoms. The minimum Gasteiger partial charge on any atom is -0.369 e. The summed E-state index contributed by atoms with van der Waals surface area (Å²) in [6.07, 6.45) is 2.56. The number of thiophene rings is 1. The Morgan fingerprint density at radius 3 is 2.50 bits per heavy atom. The summed E-state index contributed by atoms with van der Waals surface area (Å²) in [5, 5.41) is 7.23. The number of aryl methyl sites for hydroxylation is 2. The van der Waals surface area contributed by atoms with E-state index in [4.69, 9.17) is 0 Å². The highest BCUT2D eigenvalue weighted by atomic mass is 32.1. The third-order valence-electron chi connectivity index (χ3n) is 5.30. The number of nitrogens with one attached hydrogen (secondary N) is 2. The molecule has 0 spiro atoms. The summed E-state index contributed by atoms with van der Waals surface area (Å²) < 4.78 is 13.0. The number of fused-ring (bicyclic) bond motifs is 1. The van der Waals surface area contributed by atoms with E-state index >= 15 is 0 Å². The maximum Gasteiger partial charge on any atom is 0.221 e. The second-order valence-corrected chi connectivity index (χ2v) is 8.91. The van der Waals surface area contributed by atoms with E-state index in [2.05, 4.69) is 58.7 Å². The largest absolute Gasteiger partial charge is 0.369 e. The molecular formula is C25H25FN4OS. The van der Waals surface area contributed by atoms with Crippen LogP contribution in [0.1, 0.15) is 22.4 Å². The van der Waals surface area contributed by atoms with Crippen LogP contribution in [0.4, 0.5) is 10.2 Å². The first kappa shape index (κ1) is 21.9. The maximum absolute atomic E-state index is 13.0. The lowest BCUT2D eigenvalue weighted by Crippen LogP contribution is -2.27. The molecule has 0 fully saturated rings. The lowest BCUT2D eigenvalue weighted by molar-refractivity contribution is -0.120. The number of carbonyl (C=O) groups is 1. The van der Waals surface area contributed by atoms with Crippen LogP contribution in [0.15, 0.2) is 54.9 Å². The fraction of sp³-hybridized carbons (Fsp3) is 0.240. The van der Waals surface area contributed by atoms with Crippen LogP contribution in [0.25, 0.3) is 21.3 Å². The van der Waals surface area contributed by atoms with Gasteiger partial charge >= 0.3 is 0 Å². The second kappa shape index (κ2) is 9.87. The molecule has 2 aromatic heterocycles. The molecular weight excluding hydrogens is 423 g/mol. The Hall–Kier alpha value is -3.32. The molecule has 1 amide bonds. The molecule has 5 nitrogen and oxygen atoms in total. The number of benzene rings is 2. The predicted octanol–water partition coefficient (Wildman–Crippen LogP) is 5.28. The molecule has 0 aliphatic carbocycles. The van der Waals surface area contributed by atoms with Crippen molar-refractivity contribution in [3.05, 3.63) is 76.7 Å². The lowest BCUT2D eigenvalue weighted by atomic mass is 10.0. The van der Waals surface area contributed by atoms with E-state index < -0.39 is 0 Å². The number of hydrogen-bond acceptors (Lipinski definition) is 5. The molecule has 0 unspecified atom stereocenters. The van der Waals surface area contributed by atoms with Gasteiger partial charge in [0.2, 0.25) is 5.91 Å². The molecule has 7 heteroatoms. The fourth-order valence-corrected chi connectivity index (χ4v) is 4.64. The Kier molecular flexibility index (Phi) is 6.75. The minimum absolute atomic E-state index is 0.0369. The number of halogens is 1. The van der Waals surface area contributed by atoms with Crippen LogP contribution in [0.5, 0.6) is 0 Å². The number of nitrogens with zero attached hydrogens (tertiary/aromatic N) is 2. The maximum atomic E-state index is 13.0. The van der Waals surface area contributed by atoms with Crippen molar-refractivity contribution in [1.29, 1.82) is 0 Å². The standard InChI is InChI=1S/C25H25FN4OS/c1-16-3-7-19(8-4-16)22-17(2)32-25-23(22)24(29-15-30-25)28-14-12-21(31)27-13-11-18-5-9-20(26)10-6-18/h3-10,15H,11-14H2,1-2H3,(H,27,31)(H,28,29,30). The van der Waals surface area contributed by atoms with Gasteiger partial charge in [0.15, 0.2) is 0 Å². The number of hydrogen-bond donors (Lipinski definition) is 2. The molecule has 2 aromatic carbocycles. The summed E-state index contributed by atoms with van der Waals surface area (Å²) in [6, 6.07) is 14.8. The quantitative estimate of drug-likeness (QED) is 0.385. The van der Waals surface area contributed by atoms with Crippen molar-refractivity contribution in [3.63, 3.8) is 0 Å². The van der Waals surface area contributed by atoms with E-state index in [0.29, 0.717) is 25.9 Å². The van der Waals surface area contributed by atoms with E-state index in [0.717, 1.165) is 32.7 Å². The fourth-order valence-electron chi connectivity index (χ4n) is 3.63. The van der Waals surface area contributed by atoms with Gasteiger partial charge in [0.1, 0.15) is 22.8 Å². The van der Waals surface area contributed by atoms with Crippen molar-refractivity contribution >= 4 is 33.3 Å². The van der Waals surface area contributed by atoms with Gasteiger partial charge in [0.25, 0.3) is 0 Å². The molecule has 164 valence electrons. The van der Waals surface area contributed by atoms with Crippen LogP contribution in [0.2, 0.25) is 0 Å². The van der Waals surface area contributed by atoms with Gasteiger partial charge < -0.3 is 10.6 Å². The number of aromatic nitrogens is 2. The Balaban J connectivity index is 1.38. The van der Waals surface area contributed by atoms with Crippen LogP contribution in [0.3, 0.4) is 0 Å². The molecule has 0 bridgehead atoms. The second-order valence-electron chi connectivity index (χ2n) is 7.70. The van der Waals surface area contributed by atoms with E-state index in [-0.39, 0.29) is 11.7 Å². The third-order valence-corrected chi connectivity index (χ3v) is 6.31. The van der Waals surface area contributed by atoms with Crippen LogP contribution in [0, 0.1) is 19.7 Å². The Morgan fingerprint density at radius 2 is 1.75 bits per heavy atom. The van der Waals surface area contributed by atoms with Crippen LogP contribution < -0.4 is 10.6 Å². The minimum atomic E-state index is -0.256. The lowest BCUT2D eigenvalue weighted by Gasteiger charge is -2.10. The topological polar surface area (TPSA) is 66.9 Å². The van der Waals surface area contributed by atoms with Gasteiger partial charge in [0.05, 0.1) is 5.39 Å². The molecule has 0 atom stereocenters. The van der Waals surface area contributed by atoms with Crippen LogP contribution in [-0.2, 0) is 11.2 Å². The van der Waals surface area contributed by atoms with Crippen molar-refractivity contribution in [1.82, 2.24) is 15.3 Å². The van der Waals surface area contributed by atoms with E-state index in [9.17, 15) is 9.18 Å². The van der Waals surface area contributed by atoms with E-state index in [1.807, 2.05) is 0 Å². The highest BCUT2D eigenvalue weighted by molar-refractivity contribution is 7.19. The number of anilines is 1. The summed E-state index contributed by atoms with van der Waals surface area (Å²) in [5.74, 6) is 0.452. The molecule has 0 saturated carbocycles. The summed E-state index contributed by atoms with van der Waals surface area (Å²) >= 11 is 1.65.